The zero-order valence-corrected chi connectivity index (χ0v) is 17.8. The van der Waals surface area contributed by atoms with E-state index in [9.17, 15) is 14.4 Å². The van der Waals surface area contributed by atoms with Crippen LogP contribution in [0.4, 0.5) is 5.69 Å². The van der Waals surface area contributed by atoms with Crippen LogP contribution in [0.5, 0.6) is 0 Å². The van der Waals surface area contributed by atoms with Gasteiger partial charge in [-0.25, -0.2) is 0 Å². The van der Waals surface area contributed by atoms with Crippen LogP contribution in [-0.2, 0) is 11.3 Å². The quantitative estimate of drug-likeness (QED) is 0.448. The van der Waals surface area contributed by atoms with Crippen LogP contribution in [0.2, 0.25) is 0 Å². The fourth-order valence-corrected chi connectivity index (χ4v) is 4.07. The molecule has 158 valence electrons. The fourth-order valence-electron chi connectivity index (χ4n) is 3.30. The van der Waals surface area contributed by atoms with Crippen LogP contribution in [-0.4, -0.2) is 55.2 Å². The predicted octanol–water partition coefficient (Wildman–Crippen LogP) is 2.71. The number of rotatable bonds is 7. The van der Waals surface area contributed by atoms with E-state index in [1.165, 1.54) is 24.9 Å². The number of pyridine rings is 1. The molecule has 0 saturated heterocycles. The summed E-state index contributed by atoms with van der Waals surface area (Å²) in [6.45, 7) is 2.79. The molecule has 4 rings (SSSR count). The third-order valence-corrected chi connectivity index (χ3v) is 5.78. The number of benzene rings is 1. The number of carbonyl (C=O) groups excluding carboxylic acids is 3. The molecule has 0 aliphatic carbocycles. The van der Waals surface area contributed by atoms with Gasteiger partial charge in [-0.1, -0.05) is 18.7 Å². The Morgan fingerprint density at radius 3 is 2.55 bits per heavy atom. The van der Waals surface area contributed by atoms with Gasteiger partial charge in [-0.3, -0.25) is 24.3 Å². The fraction of sp³-hybridized carbons (Fsp3) is 0.238. The maximum Gasteiger partial charge on any atom is 0.261 e. The summed E-state index contributed by atoms with van der Waals surface area (Å²) in [4.78, 5) is 41.7. The first-order valence-electron chi connectivity index (χ1n) is 9.72. The average molecular weight is 436 g/mol. The molecule has 3 heterocycles. The van der Waals surface area contributed by atoms with Crippen LogP contribution < -0.4 is 5.32 Å². The SMILES string of the molecule is CCCn1c(SCC(=O)Nc2ccc3c(c2)C(=O)N(C)C3=O)nnc1-c1ccncc1. The van der Waals surface area contributed by atoms with Crippen LogP contribution in [0.3, 0.4) is 0 Å². The number of anilines is 1. The van der Waals surface area contributed by atoms with Crippen molar-refractivity contribution in [1.82, 2.24) is 24.6 Å². The van der Waals surface area contributed by atoms with Gasteiger partial charge in [-0.2, -0.15) is 0 Å². The van der Waals surface area contributed by atoms with Crippen LogP contribution in [0, 0.1) is 0 Å². The first kappa shape index (κ1) is 20.7. The molecule has 9 nitrogen and oxygen atoms in total. The minimum atomic E-state index is -0.373. The molecule has 1 aromatic carbocycles. The van der Waals surface area contributed by atoms with Gasteiger partial charge < -0.3 is 9.88 Å². The number of nitrogens with one attached hydrogen (secondary N) is 1. The second-order valence-electron chi connectivity index (χ2n) is 6.96. The maximum atomic E-state index is 12.5. The number of aromatic nitrogens is 4. The van der Waals surface area contributed by atoms with Gasteiger partial charge in [0.15, 0.2) is 11.0 Å². The predicted molar refractivity (Wildman–Crippen MR) is 116 cm³/mol. The lowest BCUT2D eigenvalue weighted by Gasteiger charge is -2.09. The Balaban J connectivity index is 1.45. The summed E-state index contributed by atoms with van der Waals surface area (Å²) in [5.74, 6) is -0.0950. The van der Waals surface area contributed by atoms with Crippen molar-refractivity contribution in [2.75, 3.05) is 18.1 Å². The van der Waals surface area contributed by atoms with Crippen molar-refractivity contribution in [3.05, 3.63) is 53.9 Å². The lowest BCUT2D eigenvalue weighted by molar-refractivity contribution is -0.113. The summed E-state index contributed by atoms with van der Waals surface area (Å²) in [5.41, 5.74) is 2.02. The summed E-state index contributed by atoms with van der Waals surface area (Å²) in [7, 11) is 1.44. The minimum absolute atomic E-state index is 0.127. The molecule has 0 atom stereocenters. The van der Waals surface area contributed by atoms with Gasteiger partial charge in [0.25, 0.3) is 11.8 Å². The Morgan fingerprint density at radius 1 is 1.06 bits per heavy atom. The van der Waals surface area contributed by atoms with Gasteiger partial charge in [0.05, 0.1) is 16.9 Å². The number of amides is 3. The monoisotopic (exact) mass is 436 g/mol. The molecule has 1 aliphatic rings. The Bertz CT molecular complexity index is 1160. The van der Waals surface area contributed by atoms with Gasteiger partial charge in [0.1, 0.15) is 0 Å². The molecule has 0 unspecified atom stereocenters. The molecule has 1 aliphatic heterocycles. The zero-order chi connectivity index (χ0) is 22.0. The molecule has 0 bridgehead atoms. The van der Waals surface area contributed by atoms with Gasteiger partial charge in [0, 0.05) is 37.2 Å². The molecule has 31 heavy (non-hydrogen) atoms. The number of hydrogen-bond acceptors (Lipinski definition) is 7. The van der Waals surface area contributed by atoms with E-state index in [0.717, 1.165) is 29.3 Å². The summed E-state index contributed by atoms with van der Waals surface area (Å²) >= 11 is 1.29. The molecule has 1 N–H and O–H groups in total. The highest BCUT2D eigenvalue weighted by molar-refractivity contribution is 7.99. The van der Waals surface area contributed by atoms with E-state index in [1.54, 1.807) is 24.5 Å². The Kier molecular flexibility index (Phi) is 5.81. The van der Waals surface area contributed by atoms with Crippen LogP contribution >= 0.6 is 11.8 Å². The molecular formula is C21H20N6O3S. The molecule has 0 radical (unpaired) electrons. The lowest BCUT2D eigenvalue weighted by Crippen LogP contribution is -2.24. The second-order valence-corrected chi connectivity index (χ2v) is 7.90. The van der Waals surface area contributed by atoms with E-state index >= 15 is 0 Å². The number of carbonyl (C=O) groups is 3. The third-order valence-electron chi connectivity index (χ3n) is 4.81. The van der Waals surface area contributed by atoms with Crippen molar-refractivity contribution >= 4 is 35.2 Å². The average Bonchev–Trinajstić information content (AvgIpc) is 3.28. The van der Waals surface area contributed by atoms with E-state index in [4.69, 9.17) is 0 Å². The molecule has 0 fully saturated rings. The number of nitrogens with zero attached hydrogens (tertiary/aromatic N) is 5. The normalized spacial score (nSPS) is 12.9. The highest BCUT2D eigenvalue weighted by Gasteiger charge is 2.32. The van der Waals surface area contributed by atoms with Gasteiger partial charge >= 0.3 is 0 Å². The van der Waals surface area contributed by atoms with E-state index in [0.29, 0.717) is 22.0 Å². The van der Waals surface area contributed by atoms with E-state index in [2.05, 4.69) is 27.4 Å². The number of imide groups is 1. The third kappa shape index (κ3) is 4.06. The molecule has 3 aromatic rings. The van der Waals surface area contributed by atoms with Gasteiger partial charge in [-0.15, -0.1) is 10.2 Å². The first-order chi connectivity index (χ1) is 15.0. The summed E-state index contributed by atoms with van der Waals surface area (Å²) in [6, 6.07) is 8.44. The summed E-state index contributed by atoms with van der Waals surface area (Å²) in [5, 5.41) is 12.0. The summed E-state index contributed by atoms with van der Waals surface area (Å²) in [6.07, 6.45) is 4.30. The van der Waals surface area contributed by atoms with Crippen molar-refractivity contribution in [2.24, 2.45) is 0 Å². The van der Waals surface area contributed by atoms with Crippen LogP contribution in [0.1, 0.15) is 34.1 Å². The molecule has 0 spiro atoms. The number of hydrogen-bond donors (Lipinski definition) is 1. The first-order valence-corrected chi connectivity index (χ1v) is 10.7. The smallest absolute Gasteiger partial charge is 0.261 e. The molecule has 10 heteroatoms. The Labute approximate surface area is 182 Å². The van der Waals surface area contributed by atoms with E-state index < -0.39 is 0 Å². The highest BCUT2D eigenvalue weighted by atomic mass is 32.2. The Morgan fingerprint density at radius 2 is 1.81 bits per heavy atom. The molecule has 2 aromatic heterocycles. The van der Waals surface area contributed by atoms with Crippen molar-refractivity contribution in [2.45, 2.75) is 25.0 Å². The standard InChI is InChI=1S/C21H20N6O3S/c1-3-10-27-18(13-6-8-22-9-7-13)24-25-21(27)31-12-17(28)23-14-4-5-15-16(11-14)20(30)26(2)19(15)29/h4-9,11H,3,10,12H2,1-2H3,(H,23,28). The van der Waals surface area contributed by atoms with Crippen molar-refractivity contribution in [1.29, 1.82) is 0 Å². The van der Waals surface area contributed by atoms with Crippen molar-refractivity contribution in [3.63, 3.8) is 0 Å². The number of thioether (sulfide) groups is 1. The van der Waals surface area contributed by atoms with E-state index in [1.807, 2.05) is 16.7 Å². The van der Waals surface area contributed by atoms with E-state index in [-0.39, 0.29) is 23.5 Å². The van der Waals surface area contributed by atoms with Crippen LogP contribution in [0.25, 0.3) is 11.4 Å². The highest BCUT2D eigenvalue weighted by Crippen LogP contribution is 2.26. The molecule has 0 saturated carbocycles. The topological polar surface area (TPSA) is 110 Å². The summed E-state index contributed by atoms with van der Waals surface area (Å²) < 4.78 is 1.99. The van der Waals surface area contributed by atoms with Crippen LogP contribution in [0.15, 0.2) is 47.9 Å². The Hall–Kier alpha value is -3.53. The molecular weight excluding hydrogens is 416 g/mol. The van der Waals surface area contributed by atoms with Gasteiger partial charge in [-0.05, 0) is 36.8 Å². The van der Waals surface area contributed by atoms with Crippen molar-refractivity contribution in [3.8, 4) is 11.4 Å². The molecule has 3 amide bonds. The minimum Gasteiger partial charge on any atom is -0.325 e. The van der Waals surface area contributed by atoms with Crippen molar-refractivity contribution < 1.29 is 14.4 Å². The zero-order valence-electron chi connectivity index (χ0n) is 17.0. The maximum absolute atomic E-state index is 12.5. The lowest BCUT2D eigenvalue weighted by atomic mass is 10.1. The largest absolute Gasteiger partial charge is 0.325 e. The second kappa shape index (κ2) is 8.68. The van der Waals surface area contributed by atoms with Gasteiger partial charge in [0.2, 0.25) is 5.91 Å². The number of fused-ring (bicyclic) bond motifs is 1.